The van der Waals surface area contributed by atoms with E-state index in [4.69, 9.17) is 0 Å². The molecule has 0 saturated heterocycles. The lowest BCUT2D eigenvalue weighted by Crippen LogP contribution is -2.07. The van der Waals surface area contributed by atoms with Gasteiger partial charge in [0.2, 0.25) is 0 Å². The molecule has 0 aliphatic rings. The van der Waals surface area contributed by atoms with Crippen LogP contribution in [0.3, 0.4) is 0 Å². The van der Waals surface area contributed by atoms with E-state index in [0.717, 1.165) is 18.9 Å². The molecule has 1 unspecified atom stereocenters. The first-order chi connectivity index (χ1) is 7.33. The van der Waals surface area contributed by atoms with Crippen LogP contribution in [0.5, 0.6) is 0 Å². The van der Waals surface area contributed by atoms with Crippen molar-refractivity contribution in [1.29, 1.82) is 0 Å². The Balaban J connectivity index is 2.27. The summed E-state index contributed by atoms with van der Waals surface area (Å²) in [6, 6.07) is 11.4. The molecule has 15 heavy (non-hydrogen) atoms. The Morgan fingerprint density at radius 2 is 2.00 bits per heavy atom. The molecule has 0 aliphatic heterocycles. The highest BCUT2D eigenvalue weighted by molar-refractivity contribution is 6.56. The third kappa shape index (κ3) is 5.55. The van der Waals surface area contributed by atoms with Gasteiger partial charge in [0.05, 0.1) is 0 Å². The minimum atomic E-state index is -1.54. The average Bonchev–Trinajstić information content (AvgIpc) is 2.28. The normalized spacial score (nSPS) is 13.2. The van der Waals surface area contributed by atoms with Gasteiger partial charge >= 0.3 is 0 Å². The van der Waals surface area contributed by atoms with Crippen molar-refractivity contribution in [3.8, 4) is 0 Å². The molecule has 0 saturated carbocycles. The van der Waals surface area contributed by atoms with Gasteiger partial charge in [-0.25, -0.2) is 0 Å². The topological polar surface area (TPSA) is 20.2 Å². The highest BCUT2D eigenvalue weighted by Gasteiger charge is 1.99. The maximum absolute atomic E-state index is 9.71. The van der Waals surface area contributed by atoms with Crippen molar-refractivity contribution < 1.29 is 4.80 Å². The van der Waals surface area contributed by atoms with Crippen LogP contribution in [0.1, 0.15) is 25.3 Å². The fourth-order valence-electron chi connectivity index (χ4n) is 1.48. The van der Waals surface area contributed by atoms with Crippen molar-refractivity contribution in [3.05, 3.63) is 47.7 Å². The van der Waals surface area contributed by atoms with E-state index in [1.807, 2.05) is 23.9 Å². The minimum absolute atomic E-state index is 0.941. The zero-order valence-electron chi connectivity index (χ0n) is 9.39. The van der Waals surface area contributed by atoms with Crippen molar-refractivity contribution in [2.45, 2.75) is 32.2 Å². The summed E-state index contributed by atoms with van der Waals surface area (Å²) in [5.74, 6) is 0. The number of unbranched alkanes of at least 4 members (excludes halogenated alkanes) is 1. The van der Waals surface area contributed by atoms with E-state index >= 15 is 0 Å². The van der Waals surface area contributed by atoms with Gasteiger partial charge < -0.3 is 4.80 Å². The van der Waals surface area contributed by atoms with Gasteiger partial charge in [0, 0.05) is 0 Å². The van der Waals surface area contributed by atoms with Gasteiger partial charge in [0.15, 0.2) is 9.04 Å². The van der Waals surface area contributed by atoms with Crippen LogP contribution in [0.2, 0.25) is 6.04 Å². The highest BCUT2D eigenvalue weighted by atomic mass is 28.3. The Labute approximate surface area is 94.2 Å². The Morgan fingerprint density at radius 1 is 1.27 bits per heavy atom. The fraction of sp³-hybridized carbons (Fsp3) is 0.385. The molecule has 1 aromatic rings. The smallest absolute Gasteiger partial charge is 0.196 e. The highest BCUT2D eigenvalue weighted by Crippen LogP contribution is 2.03. The van der Waals surface area contributed by atoms with E-state index in [1.165, 1.54) is 12.0 Å². The maximum atomic E-state index is 9.71. The standard InChI is InChI=1S/C13H20OSi/c1-2-3-11-15(14)12-7-10-13-8-5-4-6-9-13/h4-9,12,14-15H,2-3,10-11H2,1H3. The molecule has 1 aromatic carbocycles. The van der Waals surface area contributed by atoms with Gasteiger partial charge in [0.1, 0.15) is 0 Å². The first kappa shape index (κ1) is 12.2. The van der Waals surface area contributed by atoms with E-state index < -0.39 is 9.04 Å². The first-order valence-electron chi connectivity index (χ1n) is 5.71. The van der Waals surface area contributed by atoms with E-state index in [-0.39, 0.29) is 0 Å². The second-order valence-corrected chi connectivity index (χ2v) is 5.92. The van der Waals surface area contributed by atoms with E-state index in [9.17, 15) is 4.80 Å². The van der Waals surface area contributed by atoms with E-state index in [0.29, 0.717) is 0 Å². The van der Waals surface area contributed by atoms with E-state index in [1.54, 1.807) is 0 Å². The van der Waals surface area contributed by atoms with Crippen LogP contribution in [0.4, 0.5) is 0 Å². The van der Waals surface area contributed by atoms with Crippen LogP contribution < -0.4 is 0 Å². The fourth-order valence-corrected chi connectivity index (χ4v) is 2.95. The molecular formula is C13H20OSi. The van der Waals surface area contributed by atoms with Crippen LogP contribution in [-0.4, -0.2) is 13.8 Å². The number of hydrogen-bond donors (Lipinski definition) is 1. The van der Waals surface area contributed by atoms with Crippen LogP contribution in [0.25, 0.3) is 0 Å². The quantitative estimate of drug-likeness (QED) is 0.731. The Bertz CT molecular complexity index is 282. The SMILES string of the molecule is CCCC[SiH](O)C=CCc1ccccc1. The molecule has 0 amide bonds. The molecule has 1 nitrogen and oxygen atoms in total. The van der Waals surface area contributed by atoms with Gasteiger partial charge in [-0.1, -0.05) is 61.9 Å². The zero-order chi connectivity index (χ0) is 10.9. The molecule has 0 bridgehead atoms. The summed E-state index contributed by atoms with van der Waals surface area (Å²) < 4.78 is 0. The van der Waals surface area contributed by atoms with Crippen LogP contribution in [0, 0.1) is 0 Å². The third-order valence-corrected chi connectivity index (χ3v) is 4.12. The largest absolute Gasteiger partial charge is 0.431 e. The molecule has 0 spiro atoms. The van der Waals surface area contributed by atoms with Crippen LogP contribution in [0.15, 0.2) is 42.1 Å². The molecular weight excluding hydrogens is 200 g/mol. The van der Waals surface area contributed by atoms with Gasteiger partial charge in [-0.05, 0) is 18.0 Å². The number of benzene rings is 1. The molecule has 1 rings (SSSR count). The molecule has 0 fully saturated rings. The van der Waals surface area contributed by atoms with Crippen molar-refractivity contribution in [1.82, 2.24) is 0 Å². The Morgan fingerprint density at radius 3 is 2.67 bits per heavy atom. The van der Waals surface area contributed by atoms with Gasteiger partial charge in [-0.3, -0.25) is 0 Å². The summed E-state index contributed by atoms with van der Waals surface area (Å²) in [5, 5.41) is 0. The Kier molecular flexibility index (Phi) is 6.05. The third-order valence-electron chi connectivity index (χ3n) is 2.41. The molecule has 82 valence electrons. The van der Waals surface area contributed by atoms with Crippen molar-refractivity contribution in [2.75, 3.05) is 0 Å². The summed E-state index contributed by atoms with van der Waals surface area (Å²) in [6.07, 6.45) is 5.39. The lowest BCUT2D eigenvalue weighted by atomic mass is 10.2. The second-order valence-electron chi connectivity index (χ2n) is 3.83. The molecule has 1 N–H and O–H groups in total. The molecule has 1 atom stereocenters. The Hall–Kier alpha value is -0.863. The van der Waals surface area contributed by atoms with Crippen molar-refractivity contribution in [3.63, 3.8) is 0 Å². The molecule has 2 heteroatoms. The molecule has 0 radical (unpaired) electrons. The molecule has 0 aromatic heterocycles. The van der Waals surface area contributed by atoms with Crippen LogP contribution >= 0.6 is 0 Å². The monoisotopic (exact) mass is 220 g/mol. The van der Waals surface area contributed by atoms with Gasteiger partial charge in [0.25, 0.3) is 0 Å². The number of hydrogen-bond acceptors (Lipinski definition) is 1. The summed E-state index contributed by atoms with van der Waals surface area (Å²) >= 11 is 0. The second kappa shape index (κ2) is 7.43. The molecule has 0 aliphatic carbocycles. The van der Waals surface area contributed by atoms with Gasteiger partial charge in [-0.15, -0.1) is 0 Å². The average molecular weight is 220 g/mol. The first-order valence-corrected chi connectivity index (χ1v) is 7.71. The van der Waals surface area contributed by atoms with E-state index in [2.05, 4.69) is 25.1 Å². The lowest BCUT2D eigenvalue weighted by Gasteiger charge is -2.00. The summed E-state index contributed by atoms with van der Waals surface area (Å²) in [7, 11) is -1.54. The lowest BCUT2D eigenvalue weighted by molar-refractivity contribution is 0.577. The predicted molar refractivity (Wildman–Crippen MR) is 68.4 cm³/mol. The van der Waals surface area contributed by atoms with Gasteiger partial charge in [-0.2, -0.15) is 0 Å². The predicted octanol–water partition coefficient (Wildman–Crippen LogP) is 2.84. The summed E-state index contributed by atoms with van der Waals surface area (Å²) in [5.41, 5.74) is 3.35. The maximum Gasteiger partial charge on any atom is 0.196 e. The zero-order valence-corrected chi connectivity index (χ0v) is 10.5. The summed E-state index contributed by atoms with van der Waals surface area (Å²) in [6.45, 7) is 2.16. The van der Waals surface area contributed by atoms with Crippen molar-refractivity contribution in [2.24, 2.45) is 0 Å². The molecule has 0 heterocycles. The minimum Gasteiger partial charge on any atom is -0.431 e. The summed E-state index contributed by atoms with van der Waals surface area (Å²) in [4.78, 5) is 9.71. The number of allylic oxidation sites excluding steroid dienone is 1. The number of rotatable bonds is 6. The van der Waals surface area contributed by atoms with Crippen LogP contribution in [-0.2, 0) is 6.42 Å². The van der Waals surface area contributed by atoms with Crippen molar-refractivity contribution >= 4 is 9.04 Å².